The first-order valence-electron chi connectivity index (χ1n) is 10.1. The number of ether oxygens (including phenoxy) is 1. The number of anilines is 1. The third-order valence-electron chi connectivity index (χ3n) is 5.49. The topological polar surface area (TPSA) is 44.8 Å². The lowest BCUT2D eigenvalue weighted by atomic mass is 9.99. The number of halogens is 1. The summed E-state index contributed by atoms with van der Waals surface area (Å²) >= 11 is 0. The van der Waals surface area contributed by atoms with Crippen molar-refractivity contribution in [1.82, 2.24) is 10.2 Å². The molecule has 0 aromatic heterocycles. The Balaban J connectivity index is 1.36. The molecule has 152 valence electrons. The number of carbonyl (C=O) groups is 1. The minimum Gasteiger partial charge on any atom is -0.378 e. The fourth-order valence-electron chi connectivity index (χ4n) is 3.88. The molecular formula is C23H26FN3O2. The quantitative estimate of drug-likeness (QED) is 0.859. The van der Waals surface area contributed by atoms with Crippen LogP contribution in [0.1, 0.15) is 17.5 Å². The molecule has 29 heavy (non-hydrogen) atoms. The third-order valence-corrected chi connectivity index (χ3v) is 5.49. The Hall–Kier alpha value is -2.86. The molecule has 2 heterocycles. The highest BCUT2D eigenvalue weighted by atomic mass is 19.1. The number of hydrogen-bond acceptors (Lipinski definition) is 3. The number of amides is 2. The zero-order chi connectivity index (χ0) is 20.1. The molecule has 4 rings (SSSR count). The van der Waals surface area contributed by atoms with Gasteiger partial charge in [0.05, 0.1) is 13.2 Å². The molecule has 0 bridgehead atoms. The first kappa shape index (κ1) is 19.5. The molecule has 2 aromatic carbocycles. The van der Waals surface area contributed by atoms with E-state index < -0.39 is 0 Å². The summed E-state index contributed by atoms with van der Waals surface area (Å²) in [7, 11) is 0. The summed E-state index contributed by atoms with van der Waals surface area (Å²) < 4.78 is 19.4. The van der Waals surface area contributed by atoms with Gasteiger partial charge in [0.1, 0.15) is 5.82 Å². The third kappa shape index (κ3) is 4.59. The fraction of sp³-hybridized carbons (Fsp3) is 0.348. The molecule has 0 aliphatic carbocycles. The summed E-state index contributed by atoms with van der Waals surface area (Å²) in [5.41, 5.74) is 3.84. The molecule has 2 aromatic rings. The smallest absolute Gasteiger partial charge is 0.317 e. The van der Waals surface area contributed by atoms with E-state index in [2.05, 4.69) is 22.3 Å². The number of urea groups is 1. The minimum absolute atomic E-state index is 0.0920. The highest BCUT2D eigenvalue weighted by molar-refractivity contribution is 5.77. The number of morpholine rings is 1. The fourth-order valence-corrected chi connectivity index (χ4v) is 3.88. The van der Waals surface area contributed by atoms with Gasteiger partial charge in [0.15, 0.2) is 0 Å². The van der Waals surface area contributed by atoms with Gasteiger partial charge < -0.3 is 19.9 Å². The lowest BCUT2D eigenvalue weighted by molar-refractivity contribution is 0.122. The van der Waals surface area contributed by atoms with Crippen LogP contribution < -0.4 is 10.2 Å². The van der Waals surface area contributed by atoms with E-state index in [0.717, 1.165) is 43.1 Å². The Morgan fingerprint density at radius 1 is 1.03 bits per heavy atom. The average Bonchev–Trinajstić information content (AvgIpc) is 2.79. The maximum absolute atomic E-state index is 14.0. The molecule has 5 nitrogen and oxygen atoms in total. The largest absolute Gasteiger partial charge is 0.378 e. The SMILES string of the molecule is O=C(NCc1ccccc1N1CCOCC1)N1CC=C(c2ccccc2F)CC1. The number of nitrogens with zero attached hydrogens (tertiary/aromatic N) is 2. The van der Waals surface area contributed by atoms with Crippen LogP contribution in [-0.2, 0) is 11.3 Å². The Morgan fingerprint density at radius 3 is 2.55 bits per heavy atom. The maximum atomic E-state index is 14.0. The molecule has 0 unspecified atom stereocenters. The monoisotopic (exact) mass is 395 g/mol. The lowest BCUT2D eigenvalue weighted by Gasteiger charge is -2.31. The average molecular weight is 395 g/mol. The predicted molar refractivity (Wildman–Crippen MR) is 112 cm³/mol. The van der Waals surface area contributed by atoms with E-state index >= 15 is 0 Å². The van der Waals surface area contributed by atoms with Crippen LogP contribution in [0.2, 0.25) is 0 Å². The van der Waals surface area contributed by atoms with E-state index in [1.54, 1.807) is 17.0 Å². The molecule has 1 fully saturated rings. The van der Waals surface area contributed by atoms with Crippen molar-refractivity contribution in [2.75, 3.05) is 44.3 Å². The highest BCUT2D eigenvalue weighted by Crippen LogP contribution is 2.25. The molecule has 0 atom stereocenters. The van der Waals surface area contributed by atoms with Crippen LogP contribution >= 0.6 is 0 Å². The standard InChI is InChI=1S/C23H26FN3O2/c24-21-7-3-2-6-20(21)18-9-11-27(12-10-18)23(28)25-17-19-5-1-4-8-22(19)26-13-15-29-16-14-26/h1-9H,10-17H2,(H,25,28). The Kier molecular flexibility index (Phi) is 6.10. The van der Waals surface area contributed by atoms with Gasteiger partial charge in [-0.25, -0.2) is 9.18 Å². The van der Waals surface area contributed by atoms with E-state index in [9.17, 15) is 9.18 Å². The van der Waals surface area contributed by atoms with Gasteiger partial charge in [0.25, 0.3) is 0 Å². The number of rotatable bonds is 4. The van der Waals surface area contributed by atoms with E-state index in [4.69, 9.17) is 4.74 Å². The van der Waals surface area contributed by atoms with Crippen LogP contribution in [0.5, 0.6) is 0 Å². The van der Waals surface area contributed by atoms with E-state index in [1.807, 2.05) is 24.3 Å². The Morgan fingerprint density at radius 2 is 1.79 bits per heavy atom. The van der Waals surface area contributed by atoms with Gasteiger partial charge in [-0.1, -0.05) is 42.5 Å². The second kappa shape index (κ2) is 9.09. The summed E-state index contributed by atoms with van der Waals surface area (Å²) in [6, 6.07) is 14.9. The van der Waals surface area contributed by atoms with Gasteiger partial charge >= 0.3 is 6.03 Å². The molecule has 2 aliphatic heterocycles. The molecule has 0 saturated carbocycles. The molecule has 1 N–H and O–H groups in total. The van der Waals surface area contributed by atoms with Crippen LogP contribution in [0.15, 0.2) is 54.6 Å². The van der Waals surface area contributed by atoms with Gasteiger partial charge in [0.2, 0.25) is 0 Å². The second-order valence-electron chi connectivity index (χ2n) is 7.29. The van der Waals surface area contributed by atoms with Crippen molar-refractivity contribution in [1.29, 1.82) is 0 Å². The first-order chi connectivity index (χ1) is 14.2. The number of nitrogens with one attached hydrogen (secondary N) is 1. The summed E-state index contributed by atoms with van der Waals surface area (Å²) in [4.78, 5) is 16.7. The molecule has 6 heteroatoms. The van der Waals surface area contributed by atoms with Crippen molar-refractivity contribution in [3.05, 3.63) is 71.6 Å². The van der Waals surface area contributed by atoms with E-state index in [-0.39, 0.29) is 11.8 Å². The molecule has 2 amide bonds. The van der Waals surface area contributed by atoms with Gasteiger partial charge in [0, 0.05) is 44.0 Å². The zero-order valence-electron chi connectivity index (χ0n) is 16.4. The van der Waals surface area contributed by atoms with Crippen molar-refractivity contribution in [2.24, 2.45) is 0 Å². The predicted octanol–water partition coefficient (Wildman–Crippen LogP) is 3.66. The van der Waals surface area contributed by atoms with Crippen LogP contribution in [-0.4, -0.2) is 50.3 Å². The summed E-state index contributed by atoms with van der Waals surface area (Å²) in [6.45, 7) is 4.72. The molecule has 0 radical (unpaired) electrons. The molecular weight excluding hydrogens is 369 g/mol. The van der Waals surface area contributed by atoms with Gasteiger partial charge in [-0.3, -0.25) is 0 Å². The van der Waals surface area contributed by atoms with Crippen LogP contribution in [0.4, 0.5) is 14.9 Å². The van der Waals surface area contributed by atoms with Crippen LogP contribution in [0.25, 0.3) is 5.57 Å². The van der Waals surface area contributed by atoms with Crippen LogP contribution in [0.3, 0.4) is 0 Å². The van der Waals surface area contributed by atoms with E-state index in [1.165, 1.54) is 6.07 Å². The lowest BCUT2D eigenvalue weighted by Crippen LogP contribution is -2.42. The Labute approximate surface area is 170 Å². The van der Waals surface area contributed by atoms with Gasteiger partial charge in [-0.05, 0) is 29.7 Å². The number of para-hydroxylation sites is 1. The van der Waals surface area contributed by atoms with Crippen molar-refractivity contribution < 1.29 is 13.9 Å². The van der Waals surface area contributed by atoms with Gasteiger partial charge in [-0.15, -0.1) is 0 Å². The first-order valence-corrected chi connectivity index (χ1v) is 10.1. The van der Waals surface area contributed by atoms with Gasteiger partial charge in [-0.2, -0.15) is 0 Å². The minimum atomic E-state index is -0.212. The highest BCUT2D eigenvalue weighted by Gasteiger charge is 2.20. The molecule has 1 saturated heterocycles. The molecule has 2 aliphatic rings. The number of carbonyl (C=O) groups excluding carboxylic acids is 1. The number of benzene rings is 2. The van der Waals surface area contributed by atoms with Crippen molar-refractivity contribution in [3.63, 3.8) is 0 Å². The Bertz CT molecular complexity index is 893. The summed E-state index contributed by atoms with van der Waals surface area (Å²) in [5.74, 6) is -0.212. The zero-order valence-corrected chi connectivity index (χ0v) is 16.4. The summed E-state index contributed by atoms with van der Waals surface area (Å²) in [5, 5.41) is 3.04. The second-order valence-corrected chi connectivity index (χ2v) is 7.29. The van der Waals surface area contributed by atoms with Crippen LogP contribution in [0, 0.1) is 5.82 Å². The molecule has 0 spiro atoms. The maximum Gasteiger partial charge on any atom is 0.317 e. The summed E-state index contributed by atoms with van der Waals surface area (Å²) in [6.07, 6.45) is 2.60. The van der Waals surface area contributed by atoms with E-state index in [0.29, 0.717) is 31.6 Å². The van der Waals surface area contributed by atoms with Crippen molar-refractivity contribution >= 4 is 17.3 Å². The number of hydrogen-bond donors (Lipinski definition) is 1. The van der Waals surface area contributed by atoms with Crippen molar-refractivity contribution in [3.8, 4) is 0 Å². The van der Waals surface area contributed by atoms with Crippen molar-refractivity contribution in [2.45, 2.75) is 13.0 Å². The normalized spacial score (nSPS) is 17.1.